The van der Waals surface area contributed by atoms with Crippen molar-refractivity contribution in [2.75, 3.05) is 10.9 Å². The second-order valence-electron chi connectivity index (χ2n) is 7.37. The van der Waals surface area contributed by atoms with E-state index in [1.807, 2.05) is 12.1 Å². The molecule has 166 valence electrons. The number of hydrazine groups is 2. The summed E-state index contributed by atoms with van der Waals surface area (Å²) in [6.45, 7) is 1.23. The Morgan fingerprint density at radius 1 is 0.636 bits per heavy atom. The van der Waals surface area contributed by atoms with Gasteiger partial charge >= 0.3 is 0 Å². The number of nitrogens with one attached hydrogen (secondary N) is 6. The van der Waals surface area contributed by atoms with Gasteiger partial charge in [0.2, 0.25) is 11.9 Å². The van der Waals surface area contributed by atoms with Gasteiger partial charge in [0.1, 0.15) is 11.5 Å². The number of aromatic nitrogens is 4. The van der Waals surface area contributed by atoms with Gasteiger partial charge in [-0.25, -0.2) is 20.8 Å². The van der Waals surface area contributed by atoms with E-state index >= 15 is 0 Å². The molecule has 0 aliphatic rings. The fourth-order valence-corrected chi connectivity index (χ4v) is 3.38. The van der Waals surface area contributed by atoms with Crippen molar-refractivity contribution in [1.82, 2.24) is 30.8 Å². The number of furan rings is 1. The Labute approximate surface area is 190 Å². The van der Waals surface area contributed by atoms with Crippen LogP contribution in [0.25, 0.3) is 22.5 Å². The maximum absolute atomic E-state index is 5.96. The molecule has 9 heteroatoms. The average Bonchev–Trinajstić information content (AvgIpc) is 3.64. The van der Waals surface area contributed by atoms with Gasteiger partial charge in [-0.1, -0.05) is 48.5 Å². The molecule has 0 aliphatic carbocycles. The van der Waals surface area contributed by atoms with Crippen LogP contribution in [0.1, 0.15) is 11.3 Å². The molecular weight excluding hydrogens is 416 g/mol. The molecule has 0 saturated heterocycles. The van der Waals surface area contributed by atoms with E-state index in [9.17, 15) is 0 Å². The molecule has 0 saturated carbocycles. The molecule has 33 heavy (non-hydrogen) atoms. The average molecular weight is 441 g/mol. The molecule has 0 fully saturated rings. The molecule has 5 rings (SSSR count). The van der Waals surface area contributed by atoms with Crippen molar-refractivity contribution in [1.29, 1.82) is 0 Å². The summed E-state index contributed by atoms with van der Waals surface area (Å²) < 4.78 is 5.96. The van der Waals surface area contributed by atoms with Crippen LogP contribution in [0.15, 0.2) is 89.9 Å². The van der Waals surface area contributed by atoms with E-state index in [0.29, 0.717) is 25.0 Å². The normalized spacial score (nSPS) is 10.9. The first-order valence-corrected chi connectivity index (χ1v) is 10.6. The predicted molar refractivity (Wildman–Crippen MR) is 128 cm³/mol. The van der Waals surface area contributed by atoms with E-state index in [2.05, 4.69) is 90.2 Å². The Bertz CT molecular complexity index is 1240. The molecule has 2 aromatic carbocycles. The third kappa shape index (κ3) is 5.29. The summed E-state index contributed by atoms with van der Waals surface area (Å²) >= 11 is 0. The zero-order valence-electron chi connectivity index (χ0n) is 17.8. The third-order valence-electron chi connectivity index (χ3n) is 5.08. The molecule has 5 aromatic rings. The lowest BCUT2D eigenvalue weighted by atomic mass is 10.0. The van der Waals surface area contributed by atoms with E-state index in [-0.39, 0.29) is 0 Å². The van der Waals surface area contributed by atoms with Crippen LogP contribution in [0.5, 0.6) is 0 Å². The SMILES string of the molecule is c1c[nH]c(NNCc2ccc(-c3ccc(-c4ccc(CNNc5ncc[nH]5)o4)cc3)cc2)n1. The highest BCUT2D eigenvalue weighted by atomic mass is 16.3. The van der Waals surface area contributed by atoms with Gasteiger partial charge in [-0.15, -0.1) is 0 Å². The molecule has 0 bridgehead atoms. The standard InChI is InChI=1S/C24H24N8O/c1-3-18(4-2-17(1)15-29-31-23-25-11-12-26-23)19-5-7-20(8-6-19)22-10-9-21(33-22)16-30-32-24-27-13-14-28-24/h1-14,29-30H,15-16H2,(H2,25,26,31)(H2,27,28,32). The first-order valence-electron chi connectivity index (χ1n) is 10.6. The number of H-pyrrole nitrogens is 2. The Kier molecular flexibility index (Phi) is 6.14. The van der Waals surface area contributed by atoms with Gasteiger partial charge in [0.05, 0.1) is 6.54 Å². The summed E-state index contributed by atoms with van der Waals surface area (Å²) in [7, 11) is 0. The maximum Gasteiger partial charge on any atom is 0.214 e. The lowest BCUT2D eigenvalue weighted by molar-refractivity contribution is 0.505. The highest BCUT2D eigenvalue weighted by Gasteiger charge is 2.06. The van der Waals surface area contributed by atoms with Crippen LogP contribution in [0, 0.1) is 0 Å². The molecule has 0 unspecified atom stereocenters. The number of nitrogens with zero attached hydrogens (tertiary/aromatic N) is 2. The molecule has 9 nitrogen and oxygen atoms in total. The van der Waals surface area contributed by atoms with Gasteiger partial charge in [-0.05, 0) is 28.8 Å². The molecule has 6 N–H and O–H groups in total. The Morgan fingerprint density at radius 3 is 1.82 bits per heavy atom. The van der Waals surface area contributed by atoms with Crippen LogP contribution in [0.4, 0.5) is 11.9 Å². The Morgan fingerprint density at radius 2 is 1.21 bits per heavy atom. The first-order chi connectivity index (χ1) is 16.3. The summed E-state index contributed by atoms with van der Waals surface area (Å²) in [5.41, 5.74) is 16.8. The molecule has 0 spiro atoms. The zero-order chi connectivity index (χ0) is 22.3. The number of imidazole rings is 2. The number of hydrogen-bond acceptors (Lipinski definition) is 7. The molecule has 3 heterocycles. The van der Waals surface area contributed by atoms with E-state index in [1.165, 1.54) is 5.56 Å². The largest absolute Gasteiger partial charge is 0.460 e. The Hall–Kier alpha value is -4.34. The van der Waals surface area contributed by atoms with Crippen LogP contribution in [-0.2, 0) is 13.1 Å². The van der Waals surface area contributed by atoms with Crippen LogP contribution < -0.4 is 21.7 Å². The summed E-state index contributed by atoms with van der Waals surface area (Å²) in [6.07, 6.45) is 6.92. The van der Waals surface area contributed by atoms with Crippen LogP contribution >= 0.6 is 0 Å². The van der Waals surface area contributed by atoms with Gasteiger partial charge in [-0.2, -0.15) is 0 Å². The molecule has 0 amide bonds. The topological polar surface area (TPSA) is 119 Å². The van der Waals surface area contributed by atoms with Crippen LogP contribution in [0.2, 0.25) is 0 Å². The summed E-state index contributed by atoms with van der Waals surface area (Å²) in [5, 5.41) is 0. The monoisotopic (exact) mass is 440 g/mol. The van der Waals surface area contributed by atoms with Crippen molar-refractivity contribution in [3.8, 4) is 22.5 Å². The number of benzene rings is 2. The smallest absolute Gasteiger partial charge is 0.214 e. The number of anilines is 2. The number of aromatic amines is 2. The molecule has 0 radical (unpaired) electrons. The Balaban J connectivity index is 1.15. The zero-order valence-corrected chi connectivity index (χ0v) is 17.8. The van der Waals surface area contributed by atoms with Crippen molar-refractivity contribution < 1.29 is 4.42 Å². The van der Waals surface area contributed by atoms with Gasteiger partial charge in [0.15, 0.2) is 0 Å². The third-order valence-corrected chi connectivity index (χ3v) is 5.08. The number of hydrogen-bond donors (Lipinski definition) is 6. The summed E-state index contributed by atoms with van der Waals surface area (Å²) in [4.78, 5) is 14.2. The fraction of sp³-hybridized carbons (Fsp3) is 0.0833. The van der Waals surface area contributed by atoms with Crippen molar-refractivity contribution in [3.05, 3.63) is 96.8 Å². The van der Waals surface area contributed by atoms with E-state index in [1.54, 1.807) is 24.8 Å². The molecule has 0 aliphatic heterocycles. The minimum absolute atomic E-state index is 0.539. The molecular formula is C24H24N8O. The van der Waals surface area contributed by atoms with Crippen LogP contribution in [0.3, 0.4) is 0 Å². The lowest BCUT2D eigenvalue weighted by Gasteiger charge is -2.08. The second-order valence-corrected chi connectivity index (χ2v) is 7.37. The van der Waals surface area contributed by atoms with Gasteiger partial charge < -0.3 is 14.4 Å². The minimum atomic E-state index is 0.539. The van der Waals surface area contributed by atoms with E-state index < -0.39 is 0 Å². The van der Waals surface area contributed by atoms with Crippen molar-refractivity contribution in [2.45, 2.75) is 13.1 Å². The molecule has 3 aromatic heterocycles. The second kappa shape index (κ2) is 9.86. The lowest BCUT2D eigenvalue weighted by Crippen LogP contribution is -2.21. The number of rotatable bonds is 10. The van der Waals surface area contributed by atoms with Gasteiger partial charge in [0, 0.05) is 36.9 Å². The molecule has 0 atom stereocenters. The summed E-state index contributed by atoms with van der Waals surface area (Å²) in [6, 6.07) is 20.8. The van der Waals surface area contributed by atoms with Crippen LogP contribution in [-0.4, -0.2) is 19.9 Å². The van der Waals surface area contributed by atoms with Crippen molar-refractivity contribution >= 4 is 11.9 Å². The van der Waals surface area contributed by atoms with Gasteiger partial charge in [-0.3, -0.25) is 10.9 Å². The van der Waals surface area contributed by atoms with Crippen molar-refractivity contribution in [3.63, 3.8) is 0 Å². The quantitative estimate of drug-likeness (QED) is 0.179. The highest BCUT2D eigenvalue weighted by molar-refractivity contribution is 5.68. The van der Waals surface area contributed by atoms with Gasteiger partial charge in [0.25, 0.3) is 0 Å². The first kappa shape index (κ1) is 20.6. The van der Waals surface area contributed by atoms with Crippen molar-refractivity contribution in [2.24, 2.45) is 0 Å². The maximum atomic E-state index is 5.96. The minimum Gasteiger partial charge on any atom is -0.460 e. The highest BCUT2D eigenvalue weighted by Crippen LogP contribution is 2.26. The summed E-state index contributed by atoms with van der Waals surface area (Å²) in [5.74, 6) is 3.02. The predicted octanol–water partition coefficient (Wildman–Crippen LogP) is 4.29. The fourth-order valence-electron chi connectivity index (χ4n) is 3.38. The van der Waals surface area contributed by atoms with E-state index in [0.717, 1.165) is 28.2 Å². The van der Waals surface area contributed by atoms with E-state index in [4.69, 9.17) is 4.42 Å².